The van der Waals surface area contributed by atoms with Crippen LogP contribution in [-0.2, 0) is 27.9 Å². The SMILES string of the molecule is CC/C=C\C/C=C\C/C=C\C/C=C\C/C=C\C/C=C\CCCOCC(COP(=O)(O)OCCN)OC(=O)CCCCCCCCCCCC. The molecule has 0 saturated carbocycles. The van der Waals surface area contributed by atoms with Crippen LogP contribution in [0.4, 0.5) is 0 Å². The van der Waals surface area contributed by atoms with E-state index in [-0.39, 0.29) is 32.3 Å². The molecule has 0 rings (SSSR count). The normalized spacial score (nSPS) is 14.4. The van der Waals surface area contributed by atoms with E-state index in [4.69, 9.17) is 24.3 Å². The molecule has 0 radical (unpaired) electrons. The first-order valence-electron chi connectivity index (χ1n) is 18.9. The molecule has 0 aliphatic heterocycles. The zero-order chi connectivity index (χ0) is 35.9. The lowest BCUT2D eigenvalue weighted by molar-refractivity contribution is -0.154. The van der Waals surface area contributed by atoms with Crippen LogP contribution in [0.3, 0.4) is 0 Å². The number of allylic oxidation sites excluding steroid dienone is 12. The van der Waals surface area contributed by atoms with Crippen LogP contribution in [-0.4, -0.2) is 49.9 Å². The highest BCUT2D eigenvalue weighted by Crippen LogP contribution is 2.43. The van der Waals surface area contributed by atoms with E-state index >= 15 is 0 Å². The van der Waals surface area contributed by atoms with Crippen molar-refractivity contribution in [2.45, 2.75) is 142 Å². The molecule has 0 aromatic heterocycles. The van der Waals surface area contributed by atoms with Crippen molar-refractivity contribution in [1.29, 1.82) is 0 Å². The minimum atomic E-state index is -4.29. The third-order valence-electron chi connectivity index (χ3n) is 7.39. The zero-order valence-electron chi connectivity index (χ0n) is 30.9. The van der Waals surface area contributed by atoms with Crippen LogP contribution in [0.25, 0.3) is 0 Å². The number of ether oxygens (including phenoxy) is 2. The molecule has 282 valence electrons. The highest BCUT2D eigenvalue weighted by molar-refractivity contribution is 7.47. The summed E-state index contributed by atoms with van der Waals surface area (Å²) in [7, 11) is -4.29. The van der Waals surface area contributed by atoms with Crippen molar-refractivity contribution in [2.24, 2.45) is 5.73 Å². The van der Waals surface area contributed by atoms with Gasteiger partial charge in [0.25, 0.3) is 0 Å². The standard InChI is InChI=1S/C40H70NO7P/c1-3-5-7-9-11-13-15-16-17-18-19-20-21-22-23-24-26-28-30-32-35-45-37-39(38-47-49(43,44)46-36-34-41)48-40(42)33-31-29-27-25-14-12-10-8-6-4-2/h5,7,11,13,16-17,19-20,22-23,26,28,39H,3-4,6,8-10,12,14-15,18,21,24-25,27,29-38,41H2,1-2H3,(H,43,44)/b7-5-,13-11-,17-16-,20-19-,23-22-,28-26-. The van der Waals surface area contributed by atoms with E-state index in [9.17, 15) is 14.3 Å². The van der Waals surface area contributed by atoms with Crippen LogP contribution in [0.1, 0.15) is 136 Å². The third-order valence-corrected chi connectivity index (χ3v) is 8.37. The quantitative estimate of drug-likeness (QED) is 0.0289. The van der Waals surface area contributed by atoms with Gasteiger partial charge in [-0.25, -0.2) is 4.57 Å². The molecule has 0 saturated heterocycles. The number of phosphoric acid groups is 1. The maximum atomic E-state index is 12.5. The average molecular weight is 708 g/mol. The van der Waals surface area contributed by atoms with Gasteiger partial charge in [0.1, 0.15) is 6.10 Å². The summed E-state index contributed by atoms with van der Waals surface area (Å²) in [4.78, 5) is 22.3. The molecule has 49 heavy (non-hydrogen) atoms. The molecule has 0 aromatic rings. The van der Waals surface area contributed by atoms with Gasteiger partial charge in [0.2, 0.25) is 0 Å². The van der Waals surface area contributed by atoms with Gasteiger partial charge in [0, 0.05) is 19.6 Å². The fourth-order valence-electron chi connectivity index (χ4n) is 4.66. The molecule has 8 nitrogen and oxygen atoms in total. The number of esters is 1. The van der Waals surface area contributed by atoms with Gasteiger partial charge in [-0.2, -0.15) is 0 Å². The van der Waals surface area contributed by atoms with Crippen molar-refractivity contribution in [3.63, 3.8) is 0 Å². The van der Waals surface area contributed by atoms with E-state index < -0.39 is 13.9 Å². The Hall–Kier alpha value is -2.06. The van der Waals surface area contributed by atoms with Crippen molar-refractivity contribution < 1.29 is 32.8 Å². The second-order valence-corrected chi connectivity index (χ2v) is 13.5. The molecule has 2 atom stereocenters. The molecule has 9 heteroatoms. The van der Waals surface area contributed by atoms with Crippen molar-refractivity contribution in [3.05, 3.63) is 72.9 Å². The molecule has 0 fully saturated rings. The fourth-order valence-corrected chi connectivity index (χ4v) is 5.42. The van der Waals surface area contributed by atoms with Crippen LogP contribution < -0.4 is 5.73 Å². The zero-order valence-corrected chi connectivity index (χ0v) is 31.8. The summed E-state index contributed by atoms with van der Waals surface area (Å²) in [5, 5.41) is 0. The lowest BCUT2D eigenvalue weighted by atomic mass is 10.1. The third kappa shape index (κ3) is 37.0. The molecule has 0 heterocycles. The Balaban J connectivity index is 4.20. The van der Waals surface area contributed by atoms with Gasteiger partial charge in [0.15, 0.2) is 0 Å². The summed E-state index contributed by atoms with van der Waals surface area (Å²) in [6.45, 7) is 4.60. The number of carbonyl (C=O) groups excluding carboxylic acids is 1. The van der Waals surface area contributed by atoms with Gasteiger partial charge in [-0.1, -0.05) is 145 Å². The van der Waals surface area contributed by atoms with Gasteiger partial charge < -0.3 is 20.1 Å². The Morgan fingerprint density at radius 2 is 1.12 bits per heavy atom. The maximum Gasteiger partial charge on any atom is 0.472 e. The molecular formula is C40H70NO7P. The van der Waals surface area contributed by atoms with Gasteiger partial charge in [-0.05, 0) is 57.8 Å². The van der Waals surface area contributed by atoms with E-state index in [1.54, 1.807) is 0 Å². The van der Waals surface area contributed by atoms with Crippen molar-refractivity contribution in [2.75, 3.05) is 33.0 Å². The summed E-state index contributed by atoms with van der Waals surface area (Å²) in [5.41, 5.74) is 5.34. The highest BCUT2D eigenvalue weighted by Gasteiger charge is 2.25. The summed E-state index contributed by atoms with van der Waals surface area (Å²) in [6.07, 6.45) is 45.0. The molecule has 0 aromatic carbocycles. The minimum Gasteiger partial charge on any atom is -0.457 e. The van der Waals surface area contributed by atoms with Gasteiger partial charge in [0.05, 0.1) is 19.8 Å². The van der Waals surface area contributed by atoms with Crippen molar-refractivity contribution >= 4 is 13.8 Å². The maximum absolute atomic E-state index is 12.5. The summed E-state index contributed by atoms with van der Waals surface area (Å²) < 4.78 is 33.2. The second-order valence-electron chi connectivity index (χ2n) is 12.1. The fraction of sp³-hybridized carbons (Fsp3) is 0.675. The second kappa shape index (κ2) is 37.2. The number of hydrogen-bond acceptors (Lipinski definition) is 7. The van der Waals surface area contributed by atoms with Crippen LogP contribution in [0.2, 0.25) is 0 Å². The predicted octanol–water partition coefficient (Wildman–Crippen LogP) is 10.8. The number of hydrogen-bond donors (Lipinski definition) is 2. The van der Waals surface area contributed by atoms with Crippen molar-refractivity contribution in [3.8, 4) is 0 Å². The lowest BCUT2D eigenvalue weighted by Crippen LogP contribution is -2.28. The Morgan fingerprint density at radius 1 is 0.633 bits per heavy atom. The molecule has 3 N–H and O–H groups in total. The largest absolute Gasteiger partial charge is 0.472 e. The van der Waals surface area contributed by atoms with Crippen LogP contribution in [0.5, 0.6) is 0 Å². The van der Waals surface area contributed by atoms with E-state index in [0.29, 0.717) is 13.0 Å². The van der Waals surface area contributed by atoms with E-state index in [0.717, 1.165) is 70.6 Å². The van der Waals surface area contributed by atoms with E-state index in [2.05, 4.69) is 86.8 Å². The molecule has 0 spiro atoms. The van der Waals surface area contributed by atoms with E-state index in [1.807, 2.05) is 0 Å². The Labute approximate surface area is 299 Å². The van der Waals surface area contributed by atoms with Gasteiger partial charge in [-0.3, -0.25) is 13.8 Å². The Bertz CT molecular complexity index is 974. The van der Waals surface area contributed by atoms with Gasteiger partial charge >= 0.3 is 13.8 Å². The summed E-state index contributed by atoms with van der Waals surface area (Å²) in [6, 6.07) is 0. The molecular weight excluding hydrogens is 637 g/mol. The smallest absolute Gasteiger partial charge is 0.457 e. The molecule has 0 amide bonds. The molecule has 0 bridgehead atoms. The Kier molecular flexibility index (Phi) is 35.6. The van der Waals surface area contributed by atoms with Crippen LogP contribution in [0.15, 0.2) is 72.9 Å². The predicted molar refractivity (Wildman–Crippen MR) is 205 cm³/mol. The number of carbonyl (C=O) groups is 1. The number of phosphoric ester groups is 1. The first kappa shape index (κ1) is 46.9. The summed E-state index contributed by atoms with van der Waals surface area (Å²) >= 11 is 0. The van der Waals surface area contributed by atoms with Crippen molar-refractivity contribution in [1.82, 2.24) is 0 Å². The average Bonchev–Trinajstić information content (AvgIpc) is 3.09. The Morgan fingerprint density at radius 3 is 1.63 bits per heavy atom. The minimum absolute atomic E-state index is 0.0738. The first-order valence-corrected chi connectivity index (χ1v) is 20.4. The molecule has 0 aliphatic carbocycles. The lowest BCUT2D eigenvalue weighted by Gasteiger charge is -2.20. The van der Waals surface area contributed by atoms with Crippen LogP contribution in [0, 0.1) is 0 Å². The van der Waals surface area contributed by atoms with Crippen LogP contribution >= 0.6 is 7.82 Å². The number of nitrogens with two attached hydrogens (primary N) is 1. The first-order chi connectivity index (χ1) is 23.9. The molecule has 0 aliphatic rings. The molecule has 2 unspecified atom stereocenters. The highest BCUT2D eigenvalue weighted by atomic mass is 31.2. The van der Waals surface area contributed by atoms with Gasteiger partial charge in [-0.15, -0.1) is 0 Å². The number of rotatable bonds is 35. The topological polar surface area (TPSA) is 117 Å². The monoisotopic (exact) mass is 707 g/mol. The summed E-state index contributed by atoms with van der Waals surface area (Å²) in [5.74, 6) is -0.356. The number of unbranched alkanes of at least 4 members (excludes halogenated alkanes) is 10. The van der Waals surface area contributed by atoms with E-state index in [1.165, 1.54) is 44.9 Å².